The van der Waals surface area contributed by atoms with Gasteiger partial charge >= 0.3 is 10.8 Å². The Bertz CT molecular complexity index is 1880. The average Bonchev–Trinajstić information content (AvgIpc) is 3.51. The van der Waals surface area contributed by atoms with Gasteiger partial charge in [0, 0.05) is 22.0 Å². The maximum absolute atomic E-state index is 14.1. The quantitative estimate of drug-likeness (QED) is 0.203. The molecule has 46 heavy (non-hydrogen) atoms. The summed E-state index contributed by atoms with van der Waals surface area (Å²) < 4.78 is 17.2. The largest absolute Gasteiger partial charge is 0.497 e. The van der Waals surface area contributed by atoms with E-state index in [2.05, 4.69) is 5.32 Å². The zero-order chi connectivity index (χ0) is 32.5. The van der Waals surface area contributed by atoms with Crippen molar-refractivity contribution < 1.29 is 33.4 Å². The summed E-state index contributed by atoms with van der Waals surface area (Å²) in [5.74, 6) is -2.13. The maximum atomic E-state index is 14.1. The number of benzene rings is 3. The van der Waals surface area contributed by atoms with E-state index >= 15 is 0 Å². The van der Waals surface area contributed by atoms with Crippen LogP contribution >= 0.6 is 23.1 Å². The molecule has 4 aromatic rings. The average molecular weight is 660 g/mol. The number of carbonyl (C=O) groups is 4. The van der Waals surface area contributed by atoms with Crippen molar-refractivity contribution in [3.63, 3.8) is 0 Å². The van der Waals surface area contributed by atoms with E-state index in [-0.39, 0.29) is 19.1 Å². The van der Waals surface area contributed by atoms with Crippen molar-refractivity contribution in [1.29, 1.82) is 0 Å². The number of thioether (sulfide) groups is 1. The smallest absolute Gasteiger partial charge is 0.338 e. The molecule has 0 radical (unpaired) electrons. The number of thiazole rings is 1. The lowest BCUT2D eigenvalue weighted by atomic mass is 9.82. The molecule has 2 aliphatic heterocycles. The highest BCUT2D eigenvalue weighted by Crippen LogP contribution is 2.55. The minimum Gasteiger partial charge on any atom is -0.497 e. The number of carbonyl (C=O) groups excluding carboxylic acids is 4. The van der Waals surface area contributed by atoms with Gasteiger partial charge in [-0.15, -0.1) is 0 Å². The van der Waals surface area contributed by atoms with Gasteiger partial charge in [0.05, 0.1) is 43.0 Å². The molecule has 1 N–H and O–H groups in total. The third-order valence-electron chi connectivity index (χ3n) is 7.84. The van der Waals surface area contributed by atoms with Gasteiger partial charge in [0.2, 0.25) is 17.7 Å². The summed E-state index contributed by atoms with van der Waals surface area (Å²) in [4.78, 5) is 68.1. The lowest BCUT2D eigenvalue weighted by Crippen LogP contribution is -2.33. The number of nitrogens with one attached hydrogen (secondary N) is 1. The van der Waals surface area contributed by atoms with Crippen molar-refractivity contribution in [3.05, 3.63) is 98.5 Å². The van der Waals surface area contributed by atoms with Crippen LogP contribution < -0.4 is 24.6 Å². The molecule has 3 heterocycles. The van der Waals surface area contributed by atoms with E-state index < -0.39 is 39.7 Å². The van der Waals surface area contributed by atoms with Gasteiger partial charge in [-0.2, -0.15) is 0 Å². The Morgan fingerprint density at radius 1 is 0.891 bits per heavy atom. The van der Waals surface area contributed by atoms with Crippen LogP contribution in [-0.4, -0.2) is 54.3 Å². The number of hydrogen-bond acceptors (Lipinski definition) is 10. The van der Waals surface area contributed by atoms with Crippen LogP contribution in [0.15, 0.2) is 82.6 Å². The molecular formula is C33H29N3O8S2. The summed E-state index contributed by atoms with van der Waals surface area (Å²) >= 11 is 2.08. The Morgan fingerprint density at radius 2 is 1.61 bits per heavy atom. The number of methoxy groups -OCH3 is 2. The van der Waals surface area contributed by atoms with Crippen LogP contribution in [0.5, 0.6) is 11.5 Å². The SMILES string of the molecule is CCOC(=O)c1ccc(NC(=O)Cn2c3c(sc2=O)[C@H](c2ccccc2OC)C2C(=O)N(c4ccc(OC)cc4)C(=O)C2S3)cc1. The number of nitrogens with zero attached hydrogens (tertiary/aromatic N) is 2. The highest BCUT2D eigenvalue weighted by Gasteiger charge is 2.57. The number of rotatable bonds is 9. The van der Waals surface area contributed by atoms with E-state index in [1.807, 2.05) is 12.1 Å². The minimum atomic E-state index is -0.851. The summed E-state index contributed by atoms with van der Waals surface area (Å²) in [5, 5.41) is 2.36. The molecule has 0 saturated carbocycles. The van der Waals surface area contributed by atoms with Gasteiger partial charge in [0.1, 0.15) is 23.3 Å². The van der Waals surface area contributed by atoms with Crippen LogP contribution in [0.1, 0.15) is 33.6 Å². The number of para-hydroxylation sites is 1. The van der Waals surface area contributed by atoms with E-state index in [1.54, 1.807) is 55.5 Å². The summed E-state index contributed by atoms with van der Waals surface area (Å²) in [6, 6.07) is 20.1. The number of aromatic nitrogens is 1. The maximum Gasteiger partial charge on any atom is 0.338 e. The fourth-order valence-corrected chi connectivity index (χ4v) is 8.51. The van der Waals surface area contributed by atoms with Gasteiger partial charge in [-0.05, 0) is 61.5 Å². The van der Waals surface area contributed by atoms with Gasteiger partial charge in [0.15, 0.2) is 0 Å². The zero-order valence-electron chi connectivity index (χ0n) is 25.1. The molecular weight excluding hydrogens is 631 g/mol. The molecule has 0 aliphatic carbocycles. The van der Waals surface area contributed by atoms with Gasteiger partial charge in [-0.3, -0.25) is 23.7 Å². The number of imide groups is 1. The van der Waals surface area contributed by atoms with Crippen LogP contribution in [0.4, 0.5) is 11.4 Å². The molecule has 0 bridgehead atoms. The van der Waals surface area contributed by atoms with Crippen LogP contribution in [0, 0.1) is 5.92 Å². The fraction of sp³-hybridized carbons (Fsp3) is 0.242. The molecule has 3 aromatic carbocycles. The topological polar surface area (TPSA) is 133 Å². The second-order valence-electron chi connectivity index (χ2n) is 10.5. The fourth-order valence-electron chi connectivity index (χ4n) is 5.75. The highest BCUT2D eigenvalue weighted by atomic mass is 32.2. The summed E-state index contributed by atoms with van der Waals surface area (Å²) in [5.41, 5.74) is 1.86. The van der Waals surface area contributed by atoms with Crippen molar-refractivity contribution in [2.75, 3.05) is 31.0 Å². The minimum absolute atomic E-state index is 0.244. The molecule has 6 rings (SSSR count). The Hall–Kier alpha value is -4.88. The predicted molar refractivity (Wildman–Crippen MR) is 173 cm³/mol. The number of anilines is 2. The van der Waals surface area contributed by atoms with Gasteiger partial charge in [-0.1, -0.05) is 41.3 Å². The van der Waals surface area contributed by atoms with Crippen LogP contribution in [0.25, 0.3) is 0 Å². The van der Waals surface area contributed by atoms with Gasteiger partial charge in [-0.25, -0.2) is 9.69 Å². The second kappa shape index (κ2) is 12.9. The third kappa shape index (κ3) is 5.56. The molecule has 3 amide bonds. The van der Waals surface area contributed by atoms with Crippen LogP contribution in [-0.2, 0) is 25.7 Å². The molecule has 2 unspecified atom stereocenters. The summed E-state index contributed by atoms with van der Waals surface area (Å²) in [7, 11) is 3.06. The van der Waals surface area contributed by atoms with E-state index in [1.165, 1.54) is 35.8 Å². The predicted octanol–water partition coefficient (Wildman–Crippen LogP) is 4.54. The van der Waals surface area contributed by atoms with E-state index in [4.69, 9.17) is 14.2 Å². The van der Waals surface area contributed by atoms with Crippen molar-refractivity contribution in [1.82, 2.24) is 4.57 Å². The number of amides is 3. The van der Waals surface area contributed by atoms with Crippen LogP contribution in [0.3, 0.4) is 0 Å². The van der Waals surface area contributed by atoms with Crippen molar-refractivity contribution in [2.45, 2.75) is 29.7 Å². The molecule has 11 nitrogen and oxygen atoms in total. The van der Waals surface area contributed by atoms with Gasteiger partial charge < -0.3 is 19.5 Å². The van der Waals surface area contributed by atoms with Gasteiger partial charge in [0.25, 0.3) is 0 Å². The summed E-state index contributed by atoms with van der Waals surface area (Å²) in [6.45, 7) is 1.64. The standard InChI is InChI=1S/C33H29N3O8S2/c1-4-44-32(40)18-9-11-19(12-10-18)34-24(37)17-35-31-28(46-33(35)41)25(22-7-5-6-8-23(22)43-3)26-27(45-31)30(39)36(29(26)38)20-13-15-21(42-2)16-14-20/h5-16,25-27H,4,17H2,1-3H3,(H,34,37)/t25-,26?,27?/m1/s1. The molecule has 0 spiro atoms. The molecule has 236 valence electrons. The van der Waals surface area contributed by atoms with E-state index in [0.717, 1.165) is 23.1 Å². The summed E-state index contributed by atoms with van der Waals surface area (Å²) in [6.07, 6.45) is 0. The normalized spacial score (nSPS) is 18.5. The third-order valence-corrected chi connectivity index (χ3v) is 10.4. The van der Waals surface area contributed by atoms with Crippen molar-refractivity contribution in [2.24, 2.45) is 5.92 Å². The zero-order valence-corrected chi connectivity index (χ0v) is 26.7. The highest BCUT2D eigenvalue weighted by molar-refractivity contribution is 8.00. The Labute approximate surface area is 272 Å². The second-order valence-corrected chi connectivity index (χ2v) is 12.6. The molecule has 3 atom stereocenters. The number of hydrogen-bond donors (Lipinski definition) is 1. The first-order valence-corrected chi connectivity index (χ1v) is 16.1. The monoisotopic (exact) mass is 659 g/mol. The molecule has 1 fully saturated rings. The molecule has 1 saturated heterocycles. The first kappa shape index (κ1) is 31.1. The Kier molecular flexibility index (Phi) is 8.69. The van der Waals surface area contributed by atoms with Crippen molar-refractivity contribution >= 4 is 58.2 Å². The molecule has 13 heteroatoms. The van der Waals surface area contributed by atoms with Crippen molar-refractivity contribution in [3.8, 4) is 11.5 Å². The van der Waals surface area contributed by atoms with Crippen LogP contribution in [0.2, 0.25) is 0 Å². The first-order chi connectivity index (χ1) is 22.2. The number of ether oxygens (including phenoxy) is 3. The number of fused-ring (bicyclic) bond motifs is 2. The Morgan fingerprint density at radius 3 is 2.28 bits per heavy atom. The number of esters is 1. The lowest BCUT2D eigenvalue weighted by Gasteiger charge is -2.31. The first-order valence-electron chi connectivity index (χ1n) is 14.4. The lowest BCUT2D eigenvalue weighted by molar-refractivity contribution is -0.122. The Balaban J connectivity index is 1.35. The molecule has 2 aliphatic rings. The molecule has 1 aromatic heterocycles. The van der Waals surface area contributed by atoms with E-state index in [0.29, 0.717) is 43.9 Å². The van der Waals surface area contributed by atoms with E-state index in [9.17, 15) is 24.0 Å².